The first-order valence-corrected chi connectivity index (χ1v) is 24.7. The Morgan fingerprint density at radius 3 is 1.53 bits per heavy atom. The van der Waals surface area contributed by atoms with Gasteiger partial charge in [-0.2, -0.15) is 0 Å². The molecule has 0 aromatic carbocycles. The van der Waals surface area contributed by atoms with Crippen LogP contribution in [-0.4, -0.2) is 349 Å². The van der Waals surface area contributed by atoms with Crippen molar-refractivity contribution in [3.63, 3.8) is 0 Å². The molecule has 79 heavy (non-hydrogen) atoms. The van der Waals surface area contributed by atoms with E-state index in [1.807, 2.05) is 0 Å². The first kappa shape index (κ1) is 65.4. The molecule has 0 unspecified atom stereocenters. The number of hydrogen-bond acceptors (Lipinski definition) is 33. The number of aliphatic hydroxyl groups is 19. The van der Waals surface area contributed by atoms with Gasteiger partial charge in [0.25, 0.3) is 5.79 Å². The molecule has 0 aliphatic carbocycles. The summed E-state index contributed by atoms with van der Waals surface area (Å²) in [5.74, 6) is -6.66. The van der Waals surface area contributed by atoms with Gasteiger partial charge in [-0.15, -0.1) is 0 Å². The first-order valence-electron chi connectivity index (χ1n) is 24.7. The SMILES string of the molecule is CC(=O)N[C@@H]1[C@@H](O)[C@H](O[C@@H]2O[C@H](CO)[C@@H](O)[C@H](O[C@H]3O[C@H](CO)[C@@H](O)[C@H](O)[C@@H]3O[C@@H]3O[C@H](CO)[C@@H](O[C@@H]4O[C@H](CO[C@]5(C(=O)O)C[C@H](O)[C@@H](O)[C@H]([C@H](O)[C@H](O)CO)O5)[C@H](O)[C@H](O)[C@H]4O)[C@H](O)[C@H]3NC(C)=O)[C@@H]2O)[C@@H](CO)O[C@H]1O. The molecule has 458 valence electrons. The van der Waals surface area contributed by atoms with E-state index in [0.29, 0.717) is 0 Å². The van der Waals surface area contributed by atoms with E-state index < -0.39 is 254 Å². The highest BCUT2D eigenvalue weighted by Gasteiger charge is 2.59. The molecule has 2 amide bonds. The molecule has 36 nitrogen and oxygen atoms in total. The van der Waals surface area contributed by atoms with E-state index in [0.717, 1.165) is 13.8 Å². The Bertz CT molecular complexity index is 1970. The molecule has 6 rings (SSSR count). The van der Waals surface area contributed by atoms with Crippen molar-refractivity contribution in [3.8, 4) is 0 Å². The zero-order chi connectivity index (χ0) is 58.7. The number of carboxylic acids is 1. The molecule has 6 saturated heterocycles. The van der Waals surface area contributed by atoms with Crippen LogP contribution >= 0.6 is 0 Å². The fraction of sp³-hybridized carbons (Fsp3) is 0.930. The number of aliphatic carboxylic acids is 1. The second-order valence-electron chi connectivity index (χ2n) is 19.7. The van der Waals surface area contributed by atoms with Crippen LogP contribution < -0.4 is 10.6 Å². The summed E-state index contributed by atoms with van der Waals surface area (Å²) in [5.41, 5.74) is 0. The number of rotatable bonds is 21. The summed E-state index contributed by atoms with van der Waals surface area (Å²) in [6, 6.07) is -3.48. The zero-order valence-electron chi connectivity index (χ0n) is 41.9. The van der Waals surface area contributed by atoms with Gasteiger partial charge < -0.3 is 165 Å². The fourth-order valence-corrected chi connectivity index (χ4v) is 9.86. The van der Waals surface area contributed by atoms with Gasteiger partial charge >= 0.3 is 5.97 Å². The highest BCUT2D eigenvalue weighted by molar-refractivity contribution is 5.76. The molecule has 31 atom stereocenters. The van der Waals surface area contributed by atoms with Crippen molar-refractivity contribution < 1.29 is 169 Å². The van der Waals surface area contributed by atoms with Crippen molar-refractivity contribution in [3.05, 3.63) is 0 Å². The summed E-state index contributed by atoms with van der Waals surface area (Å²) in [6.45, 7) is -4.39. The maximum absolute atomic E-state index is 12.7. The van der Waals surface area contributed by atoms with Crippen LogP contribution in [0.15, 0.2) is 0 Å². The number of amides is 2. The largest absolute Gasteiger partial charge is 0.477 e. The van der Waals surface area contributed by atoms with Crippen LogP contribution in [0.1, 0.15) is 20.3 Å². The molecule has 36 heteroatoms. The summed E-state index contributed by atoms with van der Waals surface area (Å²) in [6.07, 6.45) is -57.9. The molecule has 0 bridgehead atoms. The van der Waals surface area contributed by atoms with Gasteiger partial charge in [0.1, 0.15) is 146 Å². The predicted octanol–water partition coefficient (Wildman–Crippen LogP) is -14.6. The van der Waals surface area contributed by atoms with E-state index in [2.05, 4.69) is 10.6 Å². The van der Waals surface area contributed by atoms with E-state index in [1.54, 1.807) is 0 Å². The number of hydrogen-bond donors (Lipinski definition) is 22. The van der Waals surface area contributed by atoms with Gasteiger partial charge in [-0.25, -0.2) is 4.79 Å². The second-order valence-corrected chi connectivity index (χ2v) is 19.7. The van der Waals surface area contributed by atoms with Crippen LogP contribution in [0.4, 0.5) is 0 Å². The normalized spacial score (nSPS) is 47.7. The summed E-state index contributed by atoms with van der Waals surface area (Å²) in [7, 11) is 0. The topological polar surface area (TPSA) is 581 Å². The molecule has 0 aromatic rings. The average Bonchev–Trinajstić information content (AvgIpc) is 3.41. The standard InChI is InChI=1S/C43H72N2O34/c1-10(51)44-19-26(60)32(16(7-49)70-37(19)66)76-40-31(65)34(25(59)15(6-48)71-40)77-41-36(29(63)23(57)14(5-47)72-41)78-38-20(45-11(2)52)27(61)33(17(8-50)73-38)75-39-30(64)28(62)24(58)18(74-39)9-69-43(42(67)68)3-12(53)21(55)35(79-43)22(56)13(54)4-46/h12-41,46-50,53-66H,3-9H2,1-2H3,(H,44,51)(H,45,52)(H,67,68)/t12-,13+,14+,15+,16+,17+,18+,19+,20+,21+,22+,23+,24-,25+,26+,27+,28-,29-,30+,31-,32+,33+,34-,35+,36-,37+,38-,39-,40-,41+,43+/m0/s1. The van der Waals surface area contributed by atoms with Crippen LogP contribution in [0, 0.1) is 0 Å². The van der Waals surface area contributed by atoms with E-state index in [9.17, 15) is 117 Å². The second kappa shape index (κ2) is 27.7. The van der Waals surface area contributed by atoms with E-state index in [1.165, 1.54) is 0 Å². The third kappa shape index (κ3) is 14.1. The van der Waals surface area contributed by atoms with Crippen LogP contribution in [-0.2, 0) is 66.5 Å². The highest BCUT2D eigenvalue weighted by Crippen LogP contribution is 2.38. The monoisotopic (exact) mass is 1160 g/mol. The minimum absolute atomic E-state index is 0.739. The summed E-state index contributed by atoms with van der Waals surface area (Å²) in [4.78, 5) is 37.1. The van der Waals surface area contributed by atoms with Gasteiger partial charge in [-0.05, 0) is 0 Å². The van der Waals surface area contributed by atoms with Crippen molar-refractivity contribution in [1.29, 1.82) is 0 Å². The van der Waals surface area contributed by atoms with Crippen molar-refractivity contribution in [2.45, 2.75) is 210 Å². The molecular weight excluding hydrogens is 1090 g/mol. The van der Waals surface area contributed by atoms with Crippen molar-refractivity contribution in [1.82, 2.24) is 10.6 Å². The van der Waals surface area contributed by atoms with Crippen LogP contribution in [0.25, 0.3) is 0 Å². The Hall–Kier alpha value is -2.79. The maximum atomic E-state index is 12.7. The Balaban J connectivity index is 1.22. The van der Waals surface area contributed by atoms with Crippen molar-refractivity contribution in [2.75, 3.05) is 39.6 Å². The number of ether oxygens (including phenoxy) is 11. The minimum atomic E-state index is -3.00. The third-order valence-corrected chi connectivity index (χ3v) is 14.2. The lowest BCUT2D eigenvalue weighted by Gasteiger charge is -2.50. The van der Waals surface area contributed by atoms with E-state index >= 15 is 0 Å². The van der Waals surface area contributed by atoms with Gasteiger partial charge in [0.15, 0.2) is 31.5 Å². The quantitative estimate of drug-likeness (QED) is 0.0507. The summed E-state index contributed by atoms with van der Waals surface area (Å²) in [5, 5.41) is 218. The Labute approximate surface area is 446 Å². The minimum Gasteiger partial charge on any atom is -0.477 e. The molecule has 6 heterocycles. The molecule has 22 N–H and O–H groups in total. The van der Waals surface area contributed by atoms with Gasteiger partial charge in [-0.3, -0.25) is 9.59 Å². The van der Waals surface area contributed by atoms with Crippen LogP contribution in [0.2, 0.25) is 0 Å². The third-order valence-electron chi connectivity index (χ3n) is 14.2. The number of nitrogens with one attached hydrogen (secondary N) is 2. The first-order chi connectivity index (χ1) is 37.2. The number of carboxylic acid groups (broad SMARTS) is 1. The van der Waals surface area contributed by atoms with Gasteiger partial charge in [0.05, 0.1) is 45.7 Å². The molecular formula is C43H72N2O34. The molecule has 6 aliphatic rings. The van der Waals surface area contributed by atoms with Crippen LogP contribution in [0.3, 0.4) is 0 Å². The Morgan fingerprint density at radius 1 is 0.506 bits per heavy atom. The number of aliphatic hydroxyl groups excluding tert-OH is 19. The number of carbonyl (C=O) groups is 3. The Kier molecular flexibility index (Phi) is 22.9. The predicted molar refractivity (Wildman–Crippen MR) is 240 cm³/mol. The smallest absolute Gasteiger partial charge is 0.364 e. The van der Waals surface area contributed by atoms with Crippen LogP contribution in [0.5, 0.6) is 0 Å². The fourth-order valence-electron chi connectivity index (χ4n) is 9.86. The van der Waals surface area contributed by atoms with Crippen molar-refractivity contribution in [2.24, 2.45) is 0 Å². The Morgan fingerprint density at radius 2 is 0.975 bits per heavy atom. The maximum Gasteiger partial charge on any atom is 0.364 e. The lowest BCUT2D eigenvalue weighted by molar-refractivity contribution is -0.394. The van der Waals surface area contributed by atoms with Crippen molar-refractivity contribution >= 4 is 17.8 Å². The number of carbonyl (C=O) groups excluding carboxylic acids is 2. The summed E-state index contributed by atoms with van der Waals surface area (Å²) >= 11 is 0. The average molecular weight is 1160 g/mol. The zero-order valence-corrected chi connectivity index (χ0v) is 41.9. The molecule has 6 fully saturated rings. The van der Waals surface area contributed by atoms with E-state index in [-0.39, 0.29) is 0 Å². The lowest BCUT2D eigenvalue weighted by Crippen LogP contribution is -2.70. The molecule has 0 radical (unpaired) electrons. The molecule has 0 aromatic heterocycles. The molecule has 0 spiro atoms. The summed E-state index contributed by atoms with van der Waals surface area (Å²) < 4.78 is 62.4. The van der Waals surface area contributed by atoms with E-state index in [4.69, 9.17) is 52.1 Å². The molecule has 6 aliphatic heterocycles. The molecule has 0 saturated carbocycles. The van der Waals surface area contributed by atoms with Gasteiger partial charge in [0, 0.05) is 20.3 Å². The lowest BCUT2D eigenvalue weighted by atomic mass is 9.90. The van der Waals surface area contributed by atoms with Gasteiger partial charge in [0.2, 0.25) is 11.8 Å². The van der Waals surface area contributed by atoms with Gasteiger partial charge in [-0.1, -0.05) is 0 Å². The highest BCUT2D eigenvalue weighted by atomic mass is 16.8.